The first-order chi connectivity index (χ1) is 9.52. The van der Waals surface area contributed by atoms with Crippen molar-refractivity contribution in [1.29, 1.82) is 0 Å². The van der Waals surface area contributed by atoms with Crippen LogP contribution in [0, 0.1) is 0 Å². The minimum atomic E-state index is -0.870. The van der Waals surface area contributed by atoms with Gasteiger partial charge in [0.2, 0.25) is 0 Å². The number of hydrogen-bond donors (Lipinski definition) is 4. The summed E-state index contributed by atoms with van der Waals surface area (Å²) in [6, 6.07) is -1.17. The molecule has 0 heterocycles. The summed E-state index contributed by atoms with van der Waals surface area (Å²) < 4.78 is 0. The number of carboxylic acid groups (broad SMARTS) is 2. The fourth-order valence-corrected chi connectivity index (χ4v) is 3.68. The summed E-state index contributed by atoms with van der Waals surface area (Å²) in [6.45, 7) is 5.28. The van der Waals surface area contributed by atoms with E-state index in [2.05, 4.69) is 10.6 Å². The van der Waals surface area contributed by atoms with Crippen molar-refractivity contribution in [2.24, 2.45) is 0 Å². The molecule has 0 radical (unpaired) electrons. The van der Waals surface area contributed by atoms with Crippen molar-refractivity contribution in [3.63, 3.8) is 0 Å². The number of aliphatic carboxylic acids is 2. The lowest BCUT2D eigenvalue weighted by atomic mass is 10.3. The molecule has 0 aromatic heterocycles. The molecule has 0 aromatic carbocycles. The van der Waals surface area contributed by atoms with Gasteiger partial charge in [-0.3, -0.25) is 9.59 Å². The fourth-order valence-electron chi connectivity index (χ4n) is 1.30. The zero-order chi connectivity index (χ0) is 15.4. The Morgan fingerprint density at radius 2 is 1.25 bits per heavy atom. The lowest BCUT2D eigenvalue weighted by Gasteiger charge is -2.15. The van der Waals surface area contributed by atoms with Crippen LogP contribution in [0.2, 0.25) is 0 Å². The van der Waals surface area contributed by atoms with Crippen LogP contribution in [0.1, 0.15) is 26.7 Å². The maximum absolute atomic E-state index is 11.0. The quantitative estimate of drug-likeness (QED) is 0.297. The molecule has 0 aliphatic rings. The standard InChI is InChI=1S/C12H24N2O4S2/c1-3-5-13-9(11(15)16)7-19-20-8-10(12(17)18)14-6-4-2/h9-10,13-14H,3-8H2,1-2H3,(H,15,16)(H,17,18)/t9-,10?/m0/s1. The smallest absolute Gasteiger partial charge is 0.321 e. The molecule has 6 nitrogen and oxygen atoms in total. The molecule has 4 N–H and O–H groups in total. The van der Waals surface area contributed by atoms with Crippen molar-refractivity contribution in [1.82, 2.24) is 10.6 Å². The summed E-state index contributed by atoms with van der Waals surface area (Å²) in [5.74, 6) is -0.906. The van der Waals surface area contributed by atoms with E-state index in [1.54, 1.807) is 0 Å². The number of carbonyl (C=O) groups is 2. The van der Waals surface area contributed by atoms with Crippen LogP contribution in [-0.4, -0.2) is 58.8 Å². The third kappa shape index (κ3) is 9.46. The van der Waals surface area contributed by atoms with Crippen LogP contribution in [0.25, 0.3) is 0 Å². The van der Waals surface area contributed by atoms with Crippen LogP contribution in [0.4, 0.5) is 0 Å². The summed E-state index contributed by atoms with van der Waals surface area (Å²) >= 11 is 0. The van der Waals surface area contributed by atoms with Crippen LogP contribution in [0.15, 0.2) is 0 Å². The van der Waals surface area contributed by atoms with E-state index in [4.69, 9.17) is 10.2 Å². The van der Waals surface area contributed by atoms with Crippen LogP contribution in [0.5, 0.6) is 0 Å². The predicted octanol–water partition coefficient (Wildman–Crippen LogP) is 1.27. The molecule has 2 atom stereocenters. The van der Waals surface area contributed by atoms with E-state index >= 15 is 0 Å². The number of rotatable bonds is 13. The molecule has 0 bridgehead atoms. The molecule has 0 rings (SSSR count). The van der Waals surface area contributed by atoms with Gasteiger partial charge in [-0.05, 0) is 25.9 Å². The van der Waals surface area contributed by atoms with Gasteiger partial charge in [-0.2, -0.15) is 0 Å². The molecule has 0 saturated carbocycles. The summed E-state index contributed by atoms with van der Waals surface area (Å²) in [6.07, 6.45) is 1.76. The SMILES string of the molecule is CCCNC(CSSC[C@H](NCCC)C(=O)O)C(=O)O. The first-order valence-corrected chi connectivity index (χ1v) is 9.18. The molecular weight excluding hydrogens is 300 g/mol. The van der Waals surface area contributed by atoms with Gasteiger partial charge < -0.3 is 20.8 Å². The third-order valence-corrected chi connectivity index (χ3v) is 4.85. The molecule has 0 saturated heterocycles. The summed E-state index contributed by atoms with van der Waals surface area (Å²) in [7, 11) is 2.78. The van der Waals surface area contributed by atoms with Crippen LogP contribution >= 0.6 is 21.6 Å². The van der Waals surface area contributed by atoms with Gasteiger partial charge in [0.25, 0.3) is 0 Å². The number of nitrogens with one attached hydrogen (secondary N) is 2. The maximum Gasteiger partial charge on any atom is 0.321 e. The summed E-state index contributed by atoms with van der Waals surface area (Å²) in [5, 5.41) is 23.9. The molecule has 0 fully saturated rings. The van der Waals surface area contributed by atoms with Crippen molar-refractivity contribution in [3.8, 4) is 0 Å². The molecule has 0 aliphatic carbocycles. The average molecular weight is 324 g/mol. The first-order valence-electron chi connectivity index (χ1n) is 6.69. The van der Waals surface area contributed by atoms with Crippen molar-refractivity contribution in [3.05, 3.63) is 0 Å². The van der Waals surface area contributed by atoms with Crippen LogP contribution < -0.4 is 10.6 Å². The average Bonchev–Trinajstić information content (AvgIpc) is 2.40. The molecule has 118 valence electrons. The highest BCUT2D eigenvalue weighted by atomic mass is 33.1. The summed E-state index contributed by atoms with van der Waals surface area (Å²) in [5.41, 5.74) is 0. The minimum Gasteiger partial charge on any atom is -0.480 e. The molecule has 8 heteroatoms. The second-order valence-electron chi connectivity index (χ2n) is 4.26. The van der Waals surface area contributed by atoms with Gasteiger partial charge in [-0.15, -0.1) is 0 Å². The van der Waals surface area contributed by atoms with Gasteiger partial charge in [0.05, 0.1) is 0 Å². The lowest BCUT2D eigenvalue weighted by Crippen LogP contribution is -2.40. The molecule has 0 aromatic rings. The van der Waals surface area contributed by atoms with Crippen LogP contribution in [-0.2, 0) is 9.59 Å². The Labute approximate surface area is 127 Å². The van der Waals surface area contributed by atoms with Gasteiger partial charge >= 0.3 is 11.9 Å². The van der Waals surface area contributed by atoms with Crippen LogP contribution in [0.3, 0.4) is 0 Å². The van der Waals surface area contributed by atoms with E-state index in [0.29, 0.717) is 24.6 Å². The van der Waals surface area contributed by atoms with E-state index in [9.17, 15) is 9.59 Å². The van der Waals surface area contributed by atoms with E-state index in [1.807, 2.05) is 13.8 Å². The Balaban J connectivity index is 3.94. The van der Waals surface area contributed by atoms with E-state index < -0.39 is 24.0 Å². The second kappa shape index (κ2) is 12.3. The first kappa shape index (κ1) is 19.6. The normalized spacial score (nSPS) is 13.9. The van der Waals surface area contributed by atoms with E-state index in [1.165, 1.54) is 21.6 Å². The Bertz CT molecular complexity index is 265. The minimum absolute atomic E-state index is 0.417. The number of carboxylic acids is 2. The monoisotopic (exact) mass is 324 g/mol. The van der Waals surface area contributed by atoms with Gasteiger partial charge in [0, 0.05) is 11.5 Å². The molecular formula is C12H24N2O4S2. The maximum atomic E-state index is 11.0. The summed E-state index contributed by atoms with van der Waals surface area (Å²) in [4.78, 5) is 22.0. The third-order valence-electron chi connectivity index (χ3n) is 2.43. The topological polar surface area (TPSA) is 98.7 Å². The molecule has 0 spiro atoms. The highest BCUT2D eigenvalue weighted by Gasteiger charge is 2.19. The highest BCUT2D eigenvalue weighted by Crippen LogP contribution is 2.23. The van der Waals surface area contributed by atoms with Gasteiger partial charge in [-0.1, -0.05) is 35.4 Å². The van der Waals surface area contributed by atoms with Gasteiger partial charge in [0.1, 0.15) is 12.1 Å². The van der Waals surface area contributed by atoms with E-state index in [-0.39, 0.29) is 0 Å². The van der Waals surface area contributed by atoms with Crippen molar-refractivity contribution < 1.29 is 19.8 Å². The molecule has 20 heavy (non-hydrogen) atoms. The predicted molar refractivity (Wildman–Crippen MR) is 84.4 cm³/mol. The molecule has 0 amide bonds. The Kier molecular flexibility index (Phi) is 12.0. The number of hydrogen-bond acceptors (Lipinski definition) is 6. The van der Waals surface area contributed by atoms with Crippen molar-refractivity contribution >= 4 is 33.5 Å². The van der Waals surface area contributed by atoms with Crippen molar-refractivity contribution in [2.45, 2.75) is 38.8 Å². The lowest BCUT2D eigenvalue weighted by molar-refractivity contribution is -0.139. The Morgan fingerprint density at radius 1 is 0.900 bits per heavy atom. The Hall–Kier alpha value is -0.440. The van der Waals surface area contributed by atoms with Crippen molar-refractivity contribution in [2.75, 3.05) is 24.6 Å². The van der Waals surface area contributed by atoms with Gasteiger partial charge in [0.15, 0.2) is 0 Å². The molecule has 0 aliphatic heterocycles. The van der Waals surface area contributed by atoms with E-state index in [0.717, 1.165) is 12.8 Å². The molecule has 1 unspecified atom stereocenters. The second-order valence-corrected chi connectivity index (χ2v) is 6.81. The Morgan fingerprint density at radius 3 is 1.50 bits per heavy atom. The highest BCUT2D eigenvalue weighted by molar-refractivity contribution is 8.76. The largest absolute Gasteiger partial charge is 0.480 e. The van der Waals surface area contributed by atoms with Gasteiger partial charge in [-0.25, -0.2) is 0 Å². The fraction of sp³-hybridized carbons (Fsp3) is 0.833. The zero-order valence-corrected chi connectivity index (χ0v) is 13.6. The zero-order valence-electron chi connectivity index (χ0n) is 11.9.